The lowest BCUT2D eigenvalue weighted by atomic mass is 10.0. The van der Waals surface area contributed by atoms with Gasteiger partial charge in [0.15, 0.2) is 5.82 Å². The number of ether oxygens (including phenoxy) is 1. The highest BCUT2D eigenvalue weighted by atomic mass is 16.5. The Morgan fingerprint density at radius 2 is 2.20 bits per heavy atom. The number of hydrogen-bond acceptors (Lipinski definition) is 6. The summed E-state index contributed by atoms with van der Waals surface area (Å²) in [5.74, 6) is 7.11. The molecule has 0 aliphatic heterocycles. The Morgan fingerprint density at radius 1 is 1.40 bits per heavy atom. The third kappa shape index (κ3) is 3.75. The van der Waals surface area contributed by atoms with E-state index in [1.165, 1.54) is 4.80 Å². The standard InChI is InChI=1S/C13H20N6O/c1-9(2)20-11-6-4-5-10(7-11)12(15-14)8-13-16-18-19(3)17-13/h4-7,9,12,15H,8,14H2,1-3H3. The van der Waals surface area contributed by atoms with Crippen molar-refractivity contribution in [3.8, 4) is 5.75 Å². The van der Waals surface area contributed by atoms with Crippen molar-refractivity contribution in [2.75, 3.05) is 0 Å². The Balaban J connectivity index is 2.14. The molecule has 1 unspecified atom stereocenters. The number of nitrogens with two attached hydrogens (primary N) is 1. The molecule has 0 radical (unpaired) electrons. The van der Waals surface area contributed by atoms with Crippen molar-refractivity contribution in [1.82, 2.24) is 25.6 Å². The first-order valence-corrected chi connectivity index (χ1v) is 6.54. The van der Waals surface area contributed by atoms with Gasteiger partial charge in [0.25, 0.3) is 0 Å². The molecular formula is C13H20N6O. The van der Waals surface area contributed by atoms with E-state index in [1.807, 2.05) is 38.1 Å². The van der Waals surface area contributed by atoms with Gasteiger partial charge in [-0.25, -0.2) is 0 Å². The first kappa shape index (κ1) is 14.4. The molecule has 2 aromatic rings. The summed E-state index contributed by atoms with van der Waals surface area (Å²) in [5.41, 5.74) is 3.81. The number of nitrogens with one attached hydrogen (secondary N) is 1. The summed E-state index contributed by atoms with van der Waals surface area (Å²) in [5, 5.41) is 12.0. The average molecular weight is 276 g/mol. The highest BCUT2D eigenvalue weighted by Gasteiger charge is 2.14. The number of tetrazole rings is 1. The Bertz CT molecular complexity index is 553. The smallest absolute Gasteiger partial charge is 0.176 e. The van der Waals surface area contributed by atoms with Crippen molar-refractivity contribution >= 4 is 0 Å². The van der Waals surface area contributed by atoms with Crippen molar-refractivity contribution in [3.05, 3.63) is 35.7 Å². The zero-order valence-electron chi connectivity index (χ0n) is 11.9. The third-order valence-corrected chi connectivity index (χ3v) is 2.77. The summed E-state index contributed by atoms with van der Waals surface area (Å²) in [6.07, 6.45) is 0.700. The van der Waals surface area contributed by atoms with E-state index in [0.717, 1.165) is 11.3 Å². The van der Waals surface area contributed by atoms with Crippen LogP contribution in [0.2, 0.25) is 0 Å². The summed E-state index contributed by atoms with van der Waals surface area (Å²) < 4.78 is 5.69. The zero-order valence-corrected chi connectivity index (χ0v) is 11.9. The number of hydrogen-bond donors (Lipinski definition) is 2. The van der Waals surface area contributed by atoms with E-state index in [9.17, 15) is 0 Å². The van der Waals surface area contributed by atoms with Crippen molar-refractivity contribution in [2.24, 2.45) is 12.9 Å². The molecule has 0 bridgehead atoms. The number of hydrazine groups is 1. The van der Waals surface area contributed by atoms with Gasteiger partial charge in [-0.15, -0.1) is 10.2 Å². The van der Waals surface area contributed by atoms with Crippen molar-refractivity contribution in [1.29, 1.82) is 0 Å². The average Bonchev–Trinajstić information content (AvgIpc) is 2.81. The van der Waals surface area contributed by atoms with Crippen molar-refractivity contribution < 1.29 is 4.74 Å². The van der Waals surface area contributed by atoms with E-state index < -0.39 is 0 Å². The van der Waals surface area contributed by atoms with Crippen LogP contribution in [-0.2, 0) is 13.5 Å². The molecule has 0 saturated heterocycles. The van der Waals surface area contributed by atoms with Gasteiger partial charge in [0.1, 0.15) is 5.75 Å². The number of aromatic nitrogens is 4. The van der Waals surface area contributed by atoms with Crippen LogP contribution in [0.4, 0.5) is 0 Å². The lowest BCUT2D eigenvalue weighted by Gasteiger charge is -2.16. The van der Waals surface area contributed by atoms with E-state index in [0.29, 0.717) is 12.2 Å². The monoisotopic (exact) mass is 276 g/mol. The maximum Gasteiger partial charge on any atom is 0.176 e. The lowest BCUT2D eigenvalue weighted by Crippen LogP contribution is -2.30. The molecule has 1 aromatic carbocycles. The molecule has 0 saturated carbocycles. The maximum atomic E-state index is 5.69. The second-order valence-electron chi connectivity index (χ2n) is 4.86. The van der Waals surface area contributed by atoms with Crippen LogP contribution in [0.1, 0.15) is 31.3 Å². The normalized spacial score (nSPS) is 12.7. The molecule has 0 aliphatic rings. The molecule has 0 aliphatic carbocycles. The van der Waals surface area contributed by atoms with Gasteiger partial charge >= 0.3 is 0 Å². The zero-order chi connectivity index (χ0) is 14.5. The quantitative estimate of drug-likeness (QED) is 0.597. The predicted octanol–water partition coefficient (Wildman–Crippen LogP) is 0.744. The molecule has 108 valence electrons. The summed E-state index contributed by atoms with van der Waals surface area (Å²) in [4.78, 5) is 1.43. The van der Waals surface area contributed by atoms with Gasteiger partial charge in [0, 0.05) is 6.42 Å². The number of benzene rings is 1. The van der Waals surface area contributed by atoms with E-state index in [2.05, 4.69) is 20.8 Å². The minimum Gasteiger partial charge on any atom is -0.491 e. The third-order valence-electron chi connectivity index (χ3n) is 2.77. The number of nitrogens with zero attached hydrogens (tertiary/aromatic N) is 4. The molecule has 1 aromatic heterocycles. The van der Waals surface area contributed by atoms with Crippen LogP contribution >= 0.6 is 0 Å². The van der Waals surface area contributed by atoms with Gasteiger partial charge in [0.05, 0.1) is 19.2 Å². The summed E-state index contributed by atoms with van der Waals surface area (Å²) in [7, 11) is 1.73. The van der Waals surface area contributed by atoms with Gasteiger partial charge in [-0.3, -0.25) is 11.3 Å². The molecular weight excluding hydrogens is 256 g/mol. The van der Waals surface area contributed by atoms with E-state index in [-0.39, 0.29) is 12.1 Å². The van der Waals surface area contributed by atoms with Gasteiger partial charge in [-0.2, -0.15) is 4.80 Å². The predicted molar refractivity (Wildman–Crippen MR) is 74.8 cm³/mol. The molecule has 7 nitrogen and oxygen atoms in total. The van der Waals surface area contributed by atoms with Crippen LogP contribution in [0.3, 0.4) is 0 Å². The van der Waals surface area contributed by atoms with Crippen LogP contribution in [0.15, 0.2) is 24.3 Å². The molecule has 0 amide bonds. The van der Waals surface area contributed by atoms with Crippen LogP contribution in [0.5, 0.6) is 5.75 Å². The Hall–Kier alpha value is -1.99. The van der Waals surface area contributed by atoms with Crippen molar-refractivity contribution in [3.63, 3.8) is 0 Å². The Labute approximate surface area is 118 Å². The van der Waals surface area contributed by atoms with Crippen LogP contribution < -0.4 is 16.0 Å². The number of aryl methyl sites for hydroxylation is 1. The molecule has 1 heterocycles. The molecule has 1 atom stereocenters. The minimum atomic E-state index is -0.0880. The Morgan fingerprint density at radius 3 is 2.80 bits per heavy atom. The number of rotatable bonds is 6. The molecule has 7 heteroatoms. The second kappa shape index (κ2) is 6.44. The van der Waals surface area contributed by atoms with E-state index >= 15 is 0 Å². The van der Waals surface area contributed by atoms with Gasteiger partial charge in [-0.05, 0) is 36.8 Å². The molecule has 20 heavy (non-hydrogen) atoms. The van der Waals surface area contributed by atoms with Crippen molar-refractivity contribution in [2.45, 2.75) is 32.4 Å². The fourth-order valence-electron chi connectivity index (χ4n) is 1.94. The van der Waals surface area contributed by atoms with Gasteiger partial charge in [-0.1, -0.05) is 12.1 Å². The van der Waals surface area contributed by atoms with Crippen LogP contribution in [0.25, 0.3) is 0 Å². The highest BCUT2D eigenvalue weighted by Crippen LogP contribution is 2.21. The van der Waals surface area contributed by atoms with Crippen LogP contribution in [0, 0.1) is 0 Å². The van der Waals surface area contributed by atoms with Gasteiger partial charge in [0.2, 0.25) is 0 Å². The summed E-state index contributed by atoms with van der Waals surface area (Å²) in [6, 6.07) is 7.75. The fraction of sp³-hybridized carbons (Fsp3) is 0.462. The maximum absolute atomic E-state index is 5.69. The Kier molecular flexibility index (Phi) is 4.65. The molecule has 3 N–H and O–H groups in total. The van der Waals surface area contributed by atoms with Crippen LogP contribution in [-0.4, -0.2) is 26.3 Å². The van der Waals surface area contributed by atoms with E-state index in [1.54, 1.807) is 7.05 Å². The molecule has 2 rings (SSSR count). The SMILES string of the molecule is CC(C)Oc1cccc(C(Cc2nnn(C)n2)NN)c1. The van der Waals surface area contributed by atoms with E-state index in [4.69, 9.17) is 10.6 Å². The molecule has 0 fully saturated rings. The first-order chi connectivity index (χ1) is 9.58. The lowest BCUT2D eigenvalue weighted by molar-refractivity contribution is 0.242. The fourth-order valence-corrected chi connectivity index (χ4v) is 1.94. The summed E-state index contributed by atoms with van der Waals surface area (Å²) in [6.45, 7) is 3.99. The summed E-state index contributed by atoms with van der Waals surface area (Å²) >= 11 is 0. The first-order valence-electron chi connectivity index (χ1n) is 6.54. The topological polar surface area (TPSA) is 90.9 Å². The minimum absolute atomic E-state index is 0.0880. The molecule has 0 spiro atoms. The second-order valence-corrected chi connectivity index (χ2v) is 4.86. The highest BCUT2D eigenvalue weighted by molar-refractivity contribution is 5.31. The largest absolute Gasteiger partial charge is 0.491 e. The van der Waals surface area contributed by atoms with Gasteiger partial charge < -0.3 is 4.74 Å².